The first-order valence-electron chi connectivity index (χ1n) is 6.47. The molecule has 1 rings (SSSR count). The van der Waals surface area contributed by atoms with E-state index in [-0.39, 0.29) is 12.5 Å². The van der Waals surface area contributed by atoms with Gasteiger partial charge in [-0.1, -0.05) is 6.07 Å². The minimum atomic E-state index is -0.160. The molecule has 1 aromatic carbocycles. The number of benzene rings is 1. The van der Waals surface area contributed by atoms with E-state index in [4.69, 9.17) is 14.6 Å². The maximum Gasteiger partial charge on any atom is 0.246 e. The van der Waals surface area contributed by atoms with Crippen LogP contribution in [0.25, 0.3) is 6.08 Å². The predicted molar refractivity (Wildman–Crippen MR) is 77.9 cm³/mol. The van der Waals surface area contributed by atoms with Gasteiger partial charge in [-0.15, -0.1) is 0 Å². The fraction of sp³-hybridized carbons (Fsp3) is 0.400. The standard InChI is InChI=1S/C15H21NO4/c1-4-20-13-7-5-12(11-14(13)19-3)6-8-15(18)16(2)9-10-17/h5-8,11,17H,4,9-10H2,1-3H3/b8-6+. The minimum Gasteiger partial charge on any atom is -0.493 e. The van der Waals surface area contributed by atoms with Crippen LogP contribution in [-0.4, -0.2) is 49.8 Å². The van der Waals surface area contributed by atoms with Gasteiger partial charge < -0.3 is 19.5 Å². The Hall–Kier alpha value is -2.01. The molecule has 0 aliphatic carbocycles. The highest BCUT2D eigenvalue weighted by Crippen LogP contribution is 2.28. The number of aliphatic hydroxyl groups excluding tert-OH is 1. The third-order valence-electron chi connectivity index (χ3n) is 2.72. The van der Waals surface area contributed by atoms with Crippen molar-refractivity contribution in [3.63, 3.8) is 0 Å². The first kappa shape index (κ1) is 16.0. The lowest BCUT2D eigenvalue weighted by Gasteiger charge is -2.12. The zero-order valence-corrected chi connectivity index (χ0v) is 12.1. The van der Waals surface area contributed by atoms with Gasteiger partial charge in [-0.3, -0.25) is 4.79 Å². The quantitative estimate of drug-likeness (QED) is 0.769. The predicted octanol–water partition coefficient (Wildman–Crippen LogP) is 1.56. The zero-order valence-electron chi connectivity index (χ0n) is 12.1. The van der Waals surface area contributed by atoms with E-state index in [0.717, 1.165) is 5.56 Å². The Morgan fingerprint density at radius 2 is 2.15 bits per heavy atom. The summed E-state index contributed by atoms with van der Waals surface area (Å²) in [6, 6.07) is 5.47. The van der Waals surface area contributed by atoms with E-state index >= 15 is 0 Å². The van der Waals surface area contributed by atoms with Gasteiger partial charge in [-0.2, -0.15) is 0 Å². The molecule has 0 atom stereocenters. The van der Waals surface area contributed by atoms with Crippen molar-refractivity contribution in [2.45, 2.75) is 6.92 Å². The molecule has 0 bridgehead atoms. The average molecular weight is 279 g/mol. The van der Waals surface area contributed by atoms with Gasteiger partial charge in [0, 0.05) is 19.7 Å². The molecule has 0 saturated carbocycles. The summed E-state index contributed by atoms with van der Waals surface area (Å²) in [5, 5.41) is 8.77. The highest BCUT2D eigenvalue weighted by Gasteiger charge is 2.05. The molecule has 0 aromatic heterocycles. The Kier molecular flexibility index (Phi) is 6.59. The molecule has 0 aliphatic rings. The third kappa shape index (κ3) is 4.59. The van der Waals surface area contributed by atoms with Gasteiger partial charge in [0.15, 0.2) is 11.5 Å². The number of hydrogen-bond acceptors (Lipinski definition) is 4. The summed E-state index contributed by atoms with van der Waals surface area (Å²) in [6.07, 6.45) is 3.17. The van der Waals surface area contributed by atoms with Crippen LogP contribution in [0.1, 0.15) is 12.5 Å². The molecule has 5 nitrogen and oxygen atoms in total. The van der Waals surface area contributed by atoms with Crippen LogP contribution in [0.5, 0.6) is 11.5 Å². The van der Waals surface area contributed by atoms with E-state index in [0.29, 0.717) is 24.7 Å². The Morgan fingerprint density at radius 3 is 2.75 bits per heavy atom. The minimum absolute atomic E-state index is 0.0487. The molecule has 1 aromatic rings. The maximum absolute atomic E-state index is 11.7. The lowest BCUT2D eigenvalue weighted by Crippen LogP contribution is -2.27. The van der Waals surface area contributed by atoms with Crippen molar-refractivity contribution < 1.29 is 19.4 Å². The van der Waals surface area contributed by atoms with Gasteiger partial charge in [0.05, 0.1) is 20.3 Å². The van der Waals surface area contributed by atoms with Crippen LogP contribution in [0.2, 0.25) is 0 Å². The molecular weight excluding hydrogens is 258 g/mol. The maximum atomic E-state index is 11.7. The summed E-state index contributed by atoms with van der Waals surface area (Å²) in [7, 11) is 3.22. The summed E-state index contributed by atoms with van der Waals surface area (Å²) in [5.74, 6) is 1.15. The van der Waals surface area contributed by atoms with E-state index < -0.39 is 0 Å². The number of carbonyl (C=O) groups is 1. The van der Waals surface area contributed by atoms with Crippen molar-refractivity contribution in [3.8, 4) is 11.5 Å². The van der Waals surface area contributed by atoms with Gasteiger partial charge in [-0.25, -0.2) is 0 Å². The third-order valence-corrected chi connectivity index (χ3v) is 2.72. The molecular formula is C15H21NO4. The second-order valence-electron chi connectivity index (χ2n) is 4.16. The van der Waals surface area contributed by atoms with Crippen LogP contribution < -0.4 is 9.47 Å². The molecule has 1 amide bonds. The van der Waals surface area contributed by atoms with Gasteiger partial charge in [0.2, 0.25) is 5.91 Å². The van der Waals surface area contributed by atoms with Gasteiger partial charge in [0.1, 0.15) is 0 Å². The first-order chi connectivity index (χ1) is 9.62. The molecule has 0 heterocycles. The number of likely N-dealkylation sites (N-methyl/N-ethyl adjacent to an activating group) is 1. The smallest absolute Gasteiger partial charge is 0.246 e. The number of rotatable bonds is 7. The average Bonchev–Trinajstić information content (AvgIpc) is 2.46. The van der Waals surface area contributed by atoms with Crippen molar-refractivity contribution in [2.75, 3.05) is 33.9 Å². The number of carbonyl (C=O) groups excluding carboxylic acids is 1. The van der Waals surface area contributed by atoms with Gasteiger partial charge >= 0.3 is 0 Å². The first-order valence-corrected chi connectivity index (χ1v) is 6.47. The van der Waals surface area contributed by atoms with Crippen molar-refractivity contribution in [3.05, 3.63) is 29.8 Å². The van der Waals surface area contributed by atoms with E-state index in [2.05, 4.69) is 0 Å². The number of nitrogens with zero attached hydrogens (tertiary/aromatic N) is 1. The summed E-state index contributed by atoms with van der Waals surface area (Å²) >= 11 is 0. The molecule has 0 unspecified atom stereocenters. The second kappa shape index (κ2) is 8.22. The van der Waals surface area contributed by atoms with Crippen LogP contribution in [0, 0.1) is 0 Å². The Bertz CT molecular complexity index is 471. The number of hydrogen-bond donors (Lipinski definition) is 1. The highest BCUT2D eigenvalue weighted by molar-refractivity contribution is 5.91. The lowest BCUT2D eigenvalue weighted by molar-refractivity contribution is -0.125. The molecule has 1 N–H and O–H groups in total. The molecule has 0 aliphatic heterocycles. The molecule has 0 spiro atoms. The number of amides is 1. The van der Waals surface area contributed by atoms with Crippen LogP contribution in [0.4, 0.5) is 0 Å². The van der Waals surface area contributed by atoms with E-state index in [9.17, 15) is 4.79 Å². The monoisotopic (exact) mass is 279 g/mol. The van der Waals surface area contributed by atoms with Crippen molar-refractivity contribution in [1.82, 2.24) is 4.90 Å². The summed E-state index contributed by atoms with van der Waals surface area (Å²) in [4.78, 5) is 13.1. The highest BCUT2D eigenvalue weighted by atomic mass is 16.5. The van der Waals surface area contributed by atoms with E-state index in [1.165, 1.54) is 11.0 Å². The molecule has 0 fully saturated rings. The van der Waals surface area contributed by atoms with Gasteiger partial charge in [0.25, 0.3) is 0 Å². The zero-order chi connectivity index (χ0) is 15.0. The van der Waals surface area contributed by atoms with Crippen LogP contribution in [0.3, 0.4) is 0 Å². The topological polar surface area (TPSA) is 59.0 Å². The van der Waals surface area contributed by atoms with E-state index in [1.807, 2.05) is 19.1 Å². The molecule has 0 saturated heterocycles. The number of ether oxygens (including phenoxy) is 2. The number of aliphatic hydroxyl groups is 1. The van der Waals surface area contributed by atoms with Crippen molar-refractivity contribution in [1.29, 1.82) is 0 Å². The van der Waals surface area contributed by atoms with Crippen molar-refractivity contribution in [2.24, 2.45) is 0 Å². The summed E-state index contributed by atoms with van der Waals surface area (Å²) in [6.45, 7) is 2.74. The van der Waals surface area contributed by atoms with Crippen molar-refractivity contribution >= 4 is 12.0 Å². The Morgan fingerprint density at radius 1 is 1.40 bits per heavy atom. The van der Waals surface area contributed by atoms with Crippen LogP contribution in [-0.2, 0) is 4.79 Å². The Labute approximate surface area is 119 Å². The molecule has 110 valence electrons. The number of methoxy groups -OCH3 is 1. The largest absolute Gasteiger partial charge is 0.493 e. The molecule has 5 heteroatoms. The SMILES string of the molecule is CCOc1ccc(/C=C/C(=O)N(C)CCO)cc1OC. The molecule has 20 heavy (non-hydrogen) atoms. The fourth-order valence-corrected chi connectivity index (χ4v) is 1.62. The fourth-order valence-electron chi connectivity index (χ4n) is 1.62. The Balaban J connectivity index is 2.80. The second-order valence-corrected chi connectivity index (χ2v) is 4.16. The summed E-state index contributed by atoms with van der Waals surface area (Å²) < 4.78 is 10.7. The van der Waals surface area contributed by atoms with Gasteiger partial charge in [-0.05, 0) is 30.7 Å². The molecule has 0 radical (unpaired) electrons. The summed E-state index contributed by atoms with van der Waals surface area (Å²) in [5.41, 5.74) is 0.844. The van der Waals surface area contributed by atoms with E-state index in [1.54, 1.807) is 26.3 Å². The lowest BCUT2D eigenvalue weighted by atomic mass is 10.2. The van der Waals surface area contributed by atoms with Crippen LogP contribution >= 0.6 is 0 Å². The van der Waals surface area contributed by atoms with Crippen LogP contribution in [0.15, 0.2) is 24.3 Å². The normalized spacial score (nSPS) is 10.6.